The lowest BCUT2D eigenvalue weighted by atomic mass is 10.0. The predicted octanol–water partition coefficient (Wildman–Crippen LogP) is 2.74. The molecule has 0 amide bonds. The van der Waals surface area contributed by atoms with E-state index in [1.54, 1.807) is 12.1 Å². The Morgan fingerprint density at radius 2 is 1.89 bits per heavy atom. The largest absolute Gasteiger partial charge is 0.507 e. The summed E-state index contributed by atoms with van der Waals surface area (Å²) in [4.78, 5) is 0.0186. The van der Waals surface area contributed by atoms with Gasteiger partial charge in [0.25, 0.3) is 0 Å². The van der Waals surface area contributed by atoms with E-state index in [4.69, 9.17) is 23.2 Å². The van der Waals surface area contributed by atoms with Crippen LogP contribution in [0.1, 0.15) is 5.56 Å². The number of nitrogens with two attached hydrogens (primary N) is 1. The molecule has 0 aliphatic rings. The lowest BCUT2D eigenvalue weighted by Crippen LogP contribution is -2.09. The van der Waals surface area contributed by atoms with Crippen LogP contribution in [-0.4, -0.2) is 10.1 Å². The van der Waals surface area contributed by atoms with Crippen molar-refractivity contribution in [3.05, 3.63) is 47.5 Å². The van der Waals surface area contributed by atoms with Crippen molar-refractivity contribution in [1.82, 2.24) is 0 Å². The molecule has 3 nitrogen and oxygen atoms in total. The van der Waals surface area contributed by atoms with E-state index in [2.05, 4.69) is 0 Å². The van der Waals surface area contributed by atoms with Gasteiger partial charge in [0.05, 0.1) is 5.57 Å². The van der Waals surface area contributed by atoms with Crippen LogP contribution in [0.4, 0.5) is 0 Å². The minimum absolute atomic E-state index is 0.0186. The van der Waals surface area contributed by atoms with E-state index in [1.807, 2.05) is 30.3 Å². The van der Waals surface area contributed by atoms with Crippen LogP contribution in [0.15, 0.2) is 42.0 Å². The molecule has 0 spiro atoms. The van der Waals surface area contributed by atoms with Gasteiger partial charge in [0.2, 0.25) is 0 Å². The Balaban J connectivity index is 2.62. The molecule has 18 heavy (non-hydrogen) atoms. The van der Waals surface area contributed by atoms with E-state index in [0.717, 1.165) is 10.8 Å². The van der Waals surface area contributed by atoms with Crippen molar-refractivity contribution in [2.75, 3.05) is 0 Å². The molecule has 0 bridgehead atoms. The molecule has 0 saturated carbocycles. The van der Waals surface area contributed by atoms with Crippen LogP contribution in [0.25, 0.3) is 16.8 Å². The van der Waals surface area contributed by atoms with Gasteiger partial charge in [-0.1, -0.05) is 36.5 Å². The number of nitriles is 1. The normalized spacial score (nSPS) is 11.2. The average Bonchev–Trinajstić information content (AvgIpc) is 2.35. The van der Waals surface area contributed by atoms with Crippen molar-refractivity contribution < 1.29 is 5.11 Å². The van der Waals surface area contributed by atoms with Crippen molar-refractivity contribution >= 4 is 34.1 Å². The van der Waals surface area contributed by atoms with Crippen LogP contribution in [0.5, 0.6) is 5.75 Å². The third-order valence-corrected chi connectivity index (χ3v) is 2.80. The van der Waals surface area contributed by atoms with Gasteiger partial charge < -0.3 is 10.8 Å². The molecular formula is C14H10N2OS. The highest BCUT2D eigenvalue weighted by Crippen LogP contribution is 2.26. The number of fused-ring (bicyclic) bond motifs is 1. The number of phenolic OH excluding ortho intramolecular Hbond substituents is 1. The van der Waals surface area contributed by atoms with Gasteiger partial charge in [-0.2, -0.15) is 5.26 Å². The SMILES string of the molecule is N#CC(=Cc1cc2ccccc2cc1O)C(N)=S. The average molecular weight is 254 g/mol. The summed E-state index contributed by atoms with van der Waals surface area (Å²) in [5, 5.41) is 20.7. The molecule has 2 rings (SSSR count). The second kappa shape index (κ2) is 4.86. The van der Waals surface area contributed by atoms with Crippen LogP contribution < -0.4 is 5.73 Å². The smallest absolute Gasteiger partial charge is 0.123 e. The fourth-order valence-electron chi connectivity index (χ4n) is 1.68. The number of thiocarbonyl (C=S) groups is 1. The molecule has 0 aromatic heterocycles. The van der Waals surface area contributed by atoms with Crippen LogP contribution in [-0.2, 0) is 0 Å². The molecule has 2 aromatic rings. The van der Waals surface area contributed by atoms with Crippen LogP contribution in [0.3, 0.4) is 0 Å². The molecule has 4 heteroatoms. The molecular weight excluding hydrogens is 244 g/mol. The van der Waals surface area contributed by atoms with E-state index < -0.39 is 0 Å². The molecule has 0 fully saturated rings. The van der Waals surface area contributed by atoms with Crippen molar-refractivity contribution in [2.45, 2.75) is 0 Å². The summed E-state index contributed by atoms with van der Waals surface area (Å²) in [5.41, 5.74) is 6.12. The fourth-order valence-corrected chi connectivity index (χ4v) is 1.78. The van der Waals surface area contributed by atoms with Crippen LogP contribution in [0.2, 0.25) is 0 Å². The highest BCUT2D eigenvalue weighted by atomic mass is 32.1. The van der Waals surface area contributed by atoms with Gasteiger partial charge in [-0.15, -0.1) is 0 Å². The molecule has 0 heterocycles. The fraction of sp³-hybridized carbons (Fsp3) is 0. The van der Waals surface area contributed by atoms with E-state index >= 15 is 0 Å². The van der Waals surface area contributed by atoms with E-state index in [1.165, 1.54) is 6.08 Å². The molecule has 0 aliphatic heterocycles. The Labute approximate surface area is 110 Å². The molecule has 3 N–H and O–H groups in total. The maximum atomic E-state index is 9.90. The molecule has 0 saturated heterocycles. The highest BCUT2D eigenvalue weighted by Gasteiger charge is 2.05. The summed E-state index contributed by atoms with van der Waals surface area (Å²) in [6.45, 7) is 0. The molecule has 88 valence electrons. The molecule has 0 radical (unpaired) electrons. The topological polar surface area (TPSA) is 70.0 Å². The summed E-state index contributed by atoms with van der Waals surface area (Å²) < 4.78 is 0. The van der Waals surface area contributed by atoms with Gasteiger partial charge in [0, 0.05) is 5.56 Å². The second-order valence-corrected chi connectivity index (χ2v) is 4.23. The Morgan fingerprint density at radius 1 is 1.28 bits per heavy atom. The first-order valence-electron chi connectivity index (χ1n) is 5.25. The Kier molecular flexibility index (Phi) is 3.26. The monoisotopic (exact) mass is 254 g/mol. The van der Waals surface area contributed by atoms with Gasteiger partial charge in [-0.3, -0.25) is 0 Å². The first-order chi connectivity index (χ1) is 8.61. The molecule has 2 aromatic carbocycles. The first-order valence-corrected chi connectivity index (χ1v) is 5.66. The second-order valence-electron chi connectivity index (χ2n) is 3.79. The van der Waals surface area contributed by atoms with Crippen molar-refractivity contribution in [1.29, 1.82) is 5.26 Å². The van der Waals surface area contributed by atoms with Crippen molar-refractivity contribution in [3.63, 3.8) is 0 Å². The Morgan fingerprint density at radius 3 is 2.44 bits per heavy atom. The number of aromatic hydroxyl groups is 1. The van der Waals surface area contributed by atoms with Gasteiger partial charge in [0.1, 0.15) is 16.8 Å². The third kappa shape index (κ3) is 2.31. The Hall–Kier alpha value is -2.38. The predicted molar refractivity (Wildman–Crippen MR) is 76.0 cm³/mol. The minimum atomic E-state index is 0.0186. The summed E-state index contributed by atoms with van der Waals surface area (Å²) >= 11 is 4.76. The lowest BCUT2D eigenvalue weighted by molar-refractivity contribution is 0.475. The first kappa shape index (κ1) is 12.1. The number of nitrogens with zero attached hydrogens (tertiary/aromatic N) is 1. The number of benzene rings is 2. The number of rotatable bonds is 2. The molecule has 0 aliphatic carbocycles. The Bertz CT molecular complexity index is 698. The van der Waals surface area contributed by atoms with Crippen LogP contribution >= 0.6 is 12.2 Å². The summed E-state index contributed by atoms with van der Waals surface area (Å²) in [6, 6.07) is 13.0. The van der Waals surface area contributed by atoms with E-state index in [-0.39, 0.29) is 16.3 Å². The van der Waals surface area contributed by atoms with Gasteiger partial charge in [-0.05, 0) is 29.0 Å². The molecule has 0 unspecified atom stereocenters. The van der Waals surface area contributed by atoms with Gasteiger partial charge in [0.15, 0.2) is 0 Å². The van der Waals surface area contributed by atoms with Crippen LogP contribution in [0, 0.1) is 11.3 Å². The zero-order valence-corrected chi connectivity index (χ0v) is 10.2. The number of hydrogen-bond donors (Lipinski definition) is 2. The van der Waals surface area contributed by atoms with Crippen molar-refractivity contribution in [3.8, 4) is 11.8 Å². The summed E-state index contributed by atoms with van der Waals surface area (Å²) in [5.74, 6) is 0.0951. The lowest BCUT2D eigenvalue weighted by Gasteiger charge is -2.04. The maximum Gasteiger partial charge on any atom is 0.123 e. The maximum absolute atomic E-state index is 9.90. The zero-order chi connectivity index (χ0) is 13.1. The van der Waals surface area contributed by atoms with Crippen molar-refractivity contribution in [2.24, 2.45) is 5.73 Å². The highest BCUT2D eigenvalue weighted by molar-refractivity contribution is 7.80. The number of phenols is 1. The standard InChI is InChI=1S/C14H10N2OS/c15-8-12(14(16)18)6-11-5-9-3-1-2-4-10(9)7-13(11)17/h1-7,17H,(H2,16,18). The van der Waals surface area contributed by atoms with Gasteiger partial charge in [-0.25, -0.2) is 0 Å². The third-order valence-electron chi connectivity index (χ3n) is 2.58. The van der Waals surface area contributed by atoms with Gasteiger partial charge >= 0.3 is 0 Å². The number of hydrogen-bond acceptors (Lipinski definition) is 3. The van der Waals surface area contributed by atoms with E-state index in [9.17, 15) is 5.11 Å². The molecule has 0 atom stereocenters. The van der Waals surface area contributed by atoms with E-state index in [0.29, 0.717) is 5.56 Å². The quantitative estimate of drug-likeness (QED) is 0.491. The summed E-state index contributed by atoms with van der Waals surface area (Å²) in [7, 11) is 0. The zero-order valence-electron chi connectivity index (χ0n) is 9.42. The summed E-state index contributed by atoms with van der Waals surface area (Å²) in [6.07, 6.45) is 1.49. The minimum Gasteiger partial charge on any atom is -0.507 e.